The Labute approximate surface area is 177 Å². The van der Waals surface area contributed by atoms with Crippen LogP contribution in [-0.2, 0) is 0 Å². The zero-order valence-corrected chi connectivity index (χ0v) is 15.9. The molecule has 0 spiro atoms. The Balaban J connectivity index is 1.69. The first kappa shape index (κ1) is 20.3. The van der Waals surface area contributed by atoms with Gasteiger partial charge >= 0.3 is 0 Å². The molecule has 0 saturated heterocycles. The van der Waals surface area contributed by atoms with E-state index >= 15 is 0 Å². The number of hydrazone groups is 1. The highest BCUT2D eigenvalue weighted by molar-refractivity contribution is 5.98. The van der Waals surface area contributed by atoms with Crippen LogP contribution in [0.4, 0.5) is 15.9 Å². The van der Waals surface area contributed by atoms with Gasteiger partial charge in [-0.1, -0.05) is 17.3 Å². The minimum atomic E-state index is -0.738. The maximum absolute atomic E-state index is 13.0. The van der Waals surface area contributed by atoms with Gasteiger partial charge in [0, 0.05) is 17.7 Å². The van der Waals surface area contributed by atoms with Crippen molar-refractivity contribution in [2.45, 2.75) is 0 Å². The highest BCUT2D eigenvalue weighted by Crippen LogP contribution is 2.28. The van der Waals surface area contributed by atoms with Crippen LogP contribution in [0.25, 0.3) is 17.1 Å². The summed E-state index contributed by atoms with van der Waals surface area (Å²) in [4.78, 5) is 23.1. The van der Waals surface area contributed by atoms with E-state index in [0.717, 1.165) is 4.68 Å². The van der Waals surface area contributed by atoms with E-state index in [1.807, 2.05) is 0 Å². The minimum absolute atomic E-state index is 0.0280. The van der Waals surface area contributed by atoms with E-state index < -0.39 is 16.6 Å². The second-order valence-electron chi connectivity index (χ2n) is 6.23. The van der Waals surface area contributed by atoms with Crippen LogP contribution in [0, 0.1) is 15.9 Å². The van der Waals surface area contributed by atoms with Crippen LogP contribution < -0.4 is 11.2 Å². The first-order chi connectivity index (χ1) is 15.4. The third-order valence-corrected chi connectivity index (χ3v) is 4.18. The van der Waals surface area contributed by atoms with Crippen molar-refractivity contribution < 1.29 is 18.7 Å². The fourth-order valence-electron chi connectivity index (χ4n) is 2.69. The molecule has 2 heterocycles. The van der Waals surface area contributed by atoms with E-state index in [9.17, 15) is 19.3 Å². The standard InChI is InChI=1S/C18H12FN9O4/c19-12-5-1-10(2-6-12)9-21-23-18(29)14-15(11-3-7-13(8-4-11)28(30)31)27(26-22-14)17-16(20)24-32-25-17/h1-9H,(H2,20,24)(H,23,29)/b21-9-. The van der Waals surface area contributed by atoms with E-state index in [-0.39, 0.29) is 28.7 Å². The number of nitrogens with two attached hydrogens (primary N) is 1. The monoisotopic (exact) mass is 437 g/mol. The van der Waals surface area contributed by atoms with E-state index in [0.29, 0.717) is 11.1 Å². The molecule has 0 atom stereocenters. The Morgan fingerprint density at radius 2 is 1.91 bits per heavy atom. The highest BCUT2D eigenvalue weighted by Gasteiger charge is 2.25. The number of halogens is 1. The predicted octanol–water partition coefficient (Wildman–Crippen LogP) is 1.71. The van der Waals surface area contributed by atoms with Gasteiger partial charge in [-0.3, -0.25) is 14.9 Å². The summed E-state index contributed by atoms with van der Waals surface area (Å²) in [6.07, 6.45) is 1.31. The van der Waals surface area contributed by atoms with Gasteiger partial charge in [-0.05, 0) is 40.1 Å². The molecule has 0 bridgehead atoms. The number of nitrogens with zero attached hydrogens (tertiary/aromatic N) is 7. The van der Waals surface area contributed by atoms with Crippen molar-refractivity contribution in [3.8, 4) is 17.1 Å². The summed E-state index contributed by atoms with van der Waals surface area (Å²) in [6, 6.07) is 10.8. The van der Waals surface area contributed by atoms with Gasteiger partial charge < -0.3 is 5.73 Å². The average Bonchev–Trinajstić information content (AvgIpc) is 3.41. The first-order valence-corrected chi connectivity index (χ1v) is 8.82. The lowest BCUT2D eigenvalue weighted by molar-refractivity contribution is -0.384. The molecule has 14 heteroatoms. The number of hydrogen-bond donors (Lipinski definition) is 2. The molecule has 2 aromatic carbocycles. The molecule has 32 heavy (non-hydrogen) atoms. The lowest BCUT2D eigenvalue weighted by Gasteiger charge is -2.05. The summed E-state index contributed by atoms with van der Waals surface area (Å²) >= 11 is 0. The van der Waals surface area contributed by atoms with E-state index in [4.69, 9.17) is 5.73 Å². The number of hydrogen-bond acceptors (Lipinski definition) is 10. The van der Waals surface area contributed by atoms with Crippen LogP contribution in [0.15, 0.2) is 58.3 Å². The highest BCUT2D eigenvalue weighted by atomic mass is 19.1. The third kappa shape index (κ3) is 4.00. The van der Waals surface area contributed by atoms with Gasteiger partial charge in [-0.25, -0.2) is 14.4 Å². The summed E-state index contributed by atoms with van der Waals surface area (Å²) in [5.41, 5.74) is 8.74. The maximum Gasteiger partial charge on any atom is 0.294 e. The minimum Gasteiger partial charge on any atom is -0.378 e. The SMILES string of the molecule is Nc1nonc1-n1nnc(C(=O)N/N=C\c2ccc(F)cc2)c1-c1ccc([N+](=O)[O-])cc1. The molecule has 160 valence electrons. The van der Waals surface area contributed by atoms with Crippen molar-refractivity contribution >= 4 is 23.6 Å². The quantitative estimate of drug-likeness (QED) is 0.258. The second kappa shape index (κ2) is 8.39. The van der Waals surface area contributed by atoms with Gasteiger partial charge in [0.1, 0.15) is 11.5 Å². The van der Waals surface area contributed by atoms with Crippen molar-refractivity contribution in [3.05, 3.63) is 75.7 Å². The molecule has 0 unspecified atom stereocenters. The molecule has 0 aliphatic rings. The molecular formula is C18H12FN9O4. The largest absolute Gasteiger partial charge is 0.378 e. The van der Waals surface area contributed by atoms with E-state index in [1.165, 1.54) is 54.7 Å². The molecular weight excluding hydrogens is 425 g/mol. The Kier molecular flexibility index (Phi) is 5.31. The summed E-state index contributed by atoms with van der Waals surface area (Å²) in [5, 5.41) is 29.6. The number of nitrogen functional groups attached to an aromatic ring is 1. The van der Waals surface area contributed by atoms with Crippen molar-refractivity contribution in [1.29, 1.82) is 0 Å². The van der Waals surface area contributed by atoms with Gasteiger partial charge in [0.05, 0.1) is 11.1 Å². The molecule has 4 rings (SSSR count). The van der Waals surface area contributed by atoms with E-state index in [1.54, 1.807) is 0 Å². The van der Waals surface area contributed by atoms with Crippen molar-refractivity contribution in [2.24, 2.45) is 5.10 Å². The van der Waals surface area contributed by atoms with Gasteiger partial charge in [0.2, 0.25) is 11.6 Å². The van der Waals surface area contributed by atoms with Crippen LogP contribution in [0.3, 0.4) is 0 Å². The number of non-ortho nitro benzene ring substituents is 1. The van der Waals surface area contributed by atoms with Crippen molar-refractivity contribution in [3.63, 3.8) is 0 Å². The summed E-state index contributed by atoms with van der Waals surface area (Å²) < 4.78 is 18.7. The number of benzene rings is 2. The van der Waals surface area contributed by atoms with Crippen molar-refractivity contribution in [1.82, 2.24) is 30.7 Å². The zero-order chi connectivity index (χ0) is 22.7. The molecule has 0 radical (unpaired) electrons. The third-order valence-electron chi connectivity index (χ3n) is 4.18. The maximum atomic E-state index is 13.0. The van der Waals surface area contributed by atoms with Gasteiger partial charge in [0.25, 0.3) is 11.6 Å². The number of nitrogens with one attached hydrogen (secondary N) is 1. The Hall–Kier alpha value is -5.01. The fourth-order valence-corrected chi connectivity index (χ4v) is 2.69. The lowest BCUT2D eigenvalue weighted by atomic mass is 10.1. The van der Waals surface area contributed by atoms with Crippen LogP contribution in [0.1, 0.15) is 16.1 Å². The number of nitro benzene ring substituents is 1. The zero-order valence-electron chi connectivity index (χ0n) is 15.9. The van der Waals surface area contributed by atoms with Gasteiger partial charge in [-0.15, -0.1) is 5.10 Å². The number of carbonyl (C=O) groups is 1. The van der Waals surface area contributed by atoms with Crippen LogP contribution in [0.5, 0.6) is 0 Å². The normalized spacial score (nSPS) is 11.0. The number of nitro groups is 1. The lowest BCUT2D eigenvalue weighted by Crippen LogP contribution is -2.19. The summed E-state index contributed by atoms with van der Waals surface area (Å²) in [6.45, 7) is 0. The molecule has 1 amide bonds. The smallest absolute Gasteiger partial charge is 0.294 e. The number of amides is 1. The average molecular weight is 437 g/mol. The number of anilines is 1. The van der Waals surface area contributed by atoms with Gasteiger partial charge in [0.15, 0.2) is 5.69 Å². The first-order valence-electron chi connectivity index (χ1n) is 8.82. The summed E-state index contributed by atoms with van der Waals surface area (Å²) in [5.74, 6) is -1.28. The molecule has 0 aliphatic carbocycles. The molecule has 0 aliphatic heterocycles. The molecule has 3 N–H and O–H groups in total. The van der Waals surface area contributed by atoms with E-state index in [2.05, 4.69) is 35.8 Å². The van der Waals surface area contributed by atoms with Gasteiger partial charge in [-0.2, -0.15) is 9.78 Å². The second-order valence-corrected chi connectivity index (χ2v) is 6.23. The number of rotatable bonds is 6. The molecule has 4 aromatic rings. The van der Waals surface area contributed by atoms with Crippen molar-refractivity contribution in [2.75, 3.05) is 5.73 Å². The topological polar surface area (TPSA) is 180 Å². The Morgan fingerprint density at radius 1 is 1.19 bits per heavy atom. The Bertz CT molecular complexity index is 1310. The molecule has 2 aromatic heterocycles. The predicted molar refractivity (Wildman–Crippen MR) is 107 cm³/mol. The van der Waals surface area contributed by atoms with Crippen LogP contribution in [-0.4, -0.2) is 42.4 Å². The van der Waals surface area contributed by atoms with Crippen LogP contribution >= 0.6 is 0 Å². The molecule has 13 nitrogen and oxygen atoms in total. The number of carbonyl (C=O) groups excluding carboxylic acids is 1. The summed E-state index contributed by atoms with van der Waals surface area (Å²) in [7, 11) is 0. The molecule has 0 fully saturated rings. The molecule has 0 saturated carbocycles. The van der Waals surface area contributed by atoms with Crippen LogP contribution in [0.2, 0.25) is 0 Å². The Morgan fingerprint density at radius 3 is 2.53 bits per heavy atom. The number of aromatic nitrogens is 5. The fraction of sp³-hybridized carbons (Fsp3) is 0.